The van der Waals surface area contributed by atoms with E-state index in [-0.39, 0.29) is 23.2 Å². The Morgan fingerprint density at radius 3 is 2.55 bits per heavy atom. The van der Waals surface area contributed by atoms with Crippen molar-refractivity contribution in [1.82, 2.24) is 15.5 Å². The number of nitrogens with one attached hydrogen (secondary N) is 2. The summed E-state index contributed by atoms with van der Waals surface area (Å²) in [5, 5.41) is 8.86. The number of hydrogen-bond acceptors (Lipinski definition) is 3. The molecular weight excluding hydrogens is 322 g/mol. The molecule has 0 aliphatic heterocycles. The molecule has 20 heavy (non-hydrogen) atoms. The molecule has 2 rings (SSSR count). The molecule has 104 valence electrons. The van der Waals surface area contributed by atoms with Crippen LogP contribution in [0.15, 0.2) is 45.7 Å². The Hall–Kier alpha value is -1.95. The molecule has 0 aliphatic rings. The van der Waals surface area contributed by atoms with Gasteiger partial charge in [-0.05, 0) is 30.2 Å². The van der Waals surface area contributed by atoms with Gasteiger partial charge in [-0.25, -0.2) is 5.10 Å². The number of nitrogens with zero attached hydrogens (tertiary/aromatic N) is 1. The number of carbonyl (C=O) groups is 1. The van der Waals surface area contributed by atoms with Gasteiger partial charge in [-0.2, -0.15) is 5.10 Å². The minimum atomic E-state index is -0.332. The van der Waals surface area contributed by atoms with Crippen LogP contribution in [-0.4, -0.2) is 16.1 Å². The standard InChI is InChI=1S/C14H14BrN3O2/c1-2-11(9-3-5-10(15)6-4-9)16-14(20)12-7-8-13(19)18-17-12/h3-8,11H,2H2,1H3,(H,16,20)(H,18,19). The number of amides is 1. The van der Waals surface area contributed by atoms with Crippen LogP contribution in [-0.2, 0) is 0 Å². The second-order valence-electron chi connectivity index (χ2n) is 4.29. The lowest BCUT2D eigenvalue weighted by Crippen LogP contribution is -2.29. The third kappa shape index (κ3) is 3.54. The Labute approximate surface area is 124 Å². The molecule has 1 atom stereocenters. The lowest BCUT2D eigenvalue weighted by Gasteiger charge is -2.17. The highest BCUT2D eigenvalue weighted by atomic mass is 79.9. The highest BCUT2D eigenvalue weighted by Gasteiger charge is 2.15. The normalized spacial score (nSPS) is 11.9. The summed E-state index contributed by atoms with van der Waals surface area (Å²) in [6.45, 7) is 1.99. The van der Waals surface area contributed by atoms with Crippen LogP contribution in [0.3, 0.4) is 0 Å². The van der Waals surface area contributed by atoms with Gasteiger partial charge < -0.3 is 5.32 Å². The molecule has 0 bridgehead atoms. The van der Waals surface area contributed by atoms with E-state index in [9.17, 15) is 9.59 Å². The number of carbonyl (C=O) groups excluding carboxylic acids is 1. The lowest BCUT2D eigenvalue weighted by atomic mass is 10.0. The number of aromatic nitrogens is 2. The maximum atomic E-state index is 12.1. The van der Waals surface area contributed by atoms with E-state index in [0.29, 0.717) is 0 Å². The average Bonchev–Trinajstić information content (AvgIpc) is 2.46. The summed E-state index contributed by atoms with van der Waals surface area (Å²) in [7, 11) is 0. The average molecular weight is 336 g/mol. The maximum Gasteiger partial charge on any atom is 0.272 e. The molecule has 1 heterocycles. The second-order valence-corrected chi connectivity index (χ2v) is 5.21. The second kappa shape index (κ2) is 6.47. The van der Waals surface area contributed by atoms with Gasteiger partial charge in [-0.3, -0.25) is 9.59 Å². The molecule has 0 spiro atoms. The minimum Gasteiger partial charge on any atom is -0.344 e. The van der Waals surface area contributed by atoms with Crippen molar-refractivity contribution < 1.29 is 4.79 Å². The Balaban J connectivity index is 2.13. The fourth-order valence-corrected chi connectivity index (χ4v) is 2.08. The third-order valence-corrected chi connectivity index (χ3v) is 3.43. The van der Waals surface area contributed by atoms with Gasteiger partial charge in [0.25, 0.3) is 11.5 Å². The molecule has 0 saturated carbocycles. The van der Waals surface area contributed by atoms with Crippen molar-refractivity contribution in [1.29, 1.82) is 0 Å². The molecule has 0 radical (unpaired) electrons. The Kier molecular flexibility index (Phi) is 4.68. The van der Waals surface area contributed by atoms with E-state index in [4.69, 9.17) is 0 Å². The van der Waals surface area contributed by atoms with Crippen LogP contribution in [0.4, 0.5) is 0 Å². The van der Waals surface area contributed by atoms with Crippen molar-refractivity contribution >= 4 is 21.8 Å². The summed E-state index contributed by atoms with van der Waals surface area (Å²) in [4.78, 5) is 23.0. The van der Waals surface area contributed by atoms with Crippen molar-refractivity contribution in [2.24, 2.45) is 0 Å². The number of benzene rings is 1. The van der Waals surface area contributed by atoms with Crippen molar-refractivity contribution in [3.8, 4) is 0 Å². The fraction of sp³-hybridized carbons (Fsp3) is 0.214. The van der Waals surface area contributed by atoms with Gasteiger partial charge in [0.1, 0.15) is 5.69 Å². The predicted molar refractivity (Wildman–Crippen MR) is 79.5 cm³/mol. The molecule has 1 amide bonds. The molecule has 5 nitrogen and oxygen atoms in total. The molecule has 2 N–H and O–H groups in total. The summed E-state index contributed by atoms with van der Waals surface area (Å²) >= 11 is 3.38. The third-order valence-electron chi connectivity index (χ3n) is 2.90. The first-order valence-electron chi connectivity index (χ1n) is 6.22. The van der Waals surface area contributed by atoms with Gasteiger partial charge in [-0.15, -0.1) is 0 Å². The number of aromatic amines is 1. The topological polar surface area (TPSA) is 74.8 Å². The molecule has 1 aromatic carbocycles. The molecule has 2 aromatic rings. The van der Waals surface area contributed by atoms with Gasteiger partial charge in [0.15, 0.2) is 0 Å². The van der Waals surface area contributed by atoms with Crippen LogP contribution in [0.5, 0.6) is 0 Å². The molecule has 1 aromatic heterocycles. The van der Waals surface area contributed by atoms with Gasteiger partial charge >= 0.3 is 0 Å². The summed E-state index contributed by atoms with van der Waals surface area (Å²) < 4.78 is 0.990. The van der Waals surface area contributed by atoms with Crippen molar-refractivity contribution in [2.75, 3.05) is 0 Å². The first-order valence-corrected chi connectivity index (χ1v) is 7.01. The van der Waals surface area contributed by atoms with Crippen molar-refractivity contribution in [3.63, 3.8) is 0 Å². The highest BCUT2D eigenvalue weighted by molar-refractivity contribution is 9.10. The number of halogens is 1. The van der Waals surface area contributed by atoms with E-state index in [1.807, 2.05) is 31.2 Å². The summed E-state index contributed by atoms with van der Waals surface area (Å²) in [6.07, 6.45) is 0.761. The van der Waals surface area contributed by atoms with Crippen LogP contribution in [0.25, 0.3) is 0 Å². The fourth-order valence-electron chi connectivity index (χ4n) is 1.82. The van der Waals surface area contributed by atoms with Crippen LogP contribution in [0.2, 0.25) is 0 Å². The molecule has 0 fully saturated rings. The van der Waals surface area contributed by atoms with Crippen LogP contribution < -0.4 is 10.9 Å². The molecule has 1 unspecified atom stereocenters. The minimum absolute atomic E-state index is 0.0932. The Bertz CT molecular complexity index is 632. The van der Waals surface area contributed by atoms with E-state index < -0.39 is 0 Å². The molecule has 6 heteroatoms. The molecule has 0 saturated heterocycles. The SMILES string of the molecule is CCC(NC(=O)c1ccc(=O)[nH]n1)c1ccc(Br)cc1. The number of hydrogen-bond donors (Lipinski definition) is 2. The Morgan fingerprint density at radius 2 is 2.00 bits per heavy atom. The summed E-state index contributed by atoms with van der Waals surface area (Å²) in [5.41, 5.74) is 0.884. The van der Waals surface area contributed by atoms with Gasteiger partial charge in [0.05, 0.1) is 6.04 Å². The van der Waals surface area contributed by atoms with Gasteiger partial charge in [0, 0.05) is 10.5 Å². The van der Waals surface area contributed by atoms with Crippen LogP contribution in [0.1, 0.15) is 35.4 Å². The van der Waals surface area contributed by atoms with Gasteiger partial charge in [0.2, 0.25) is 0 Å². The molecule has 0 aliphatic carbocycles. The number of H-pyrrole nitrogens is 1. The zero-order valence-electron chi connectivity index (χ0n) is 10.9. The Morgan fingerprint density at radius 1 is 1.30 bits per heavy atom. The van der Waals surface area contributed by atoms with Crippen molar-refractivity contribution in [3.05, 3.63) is 62.5 Å². The van der Waals surface area contributed by atoms with Crippen LogP contribution in [0, 0.1) is 0 Å². The van der Waals surface area contributed by atoms with Crippen molar-refractivity contribution in [2.45, 2.75) is 19.4 Å². The van der Waals surface area contributed by atoms with E-state index in [1.54, 1.807) is 0 Å². The lowest BCUT2D eigenvalue weighted by molar-refractivity contribution is 0.0929. The molecular formula is C14H14BrN3O2. The van der Waals surface area contributed by atoms with Crippen LogP contribution >= 0.6 is 15.9 Å². The summed E-state index contributed by atoms with van der Waals surface area (Å²) in [6, 6.07) is 10.4. The van der Waals surface area contributed by atoms with E-state index in [2.05, 4.69) is 31.4 Å². The smallest absolute Gasteiger partial charge is 0.272 e. The summed E-state index contributed by atoms with van der Waals surface area (Å²) in [5.74, 6) is -0.309. The van der Waals surface area contributed by atoms with E-state index >= 15 is 0 Å². The largest absolute Gasteiger partial charge is 0.344 e. The number of rotatable bonds is 4. The zero-order chi connectivity index (χ0) is 14.5. The quantitative estimate of drug-likeness (QED) is 0.900. The van der Waals surface area contributed by atoms with E-state index in [0.717, 1.165) is 16.5 Å². The van der Waals surface area contributed by atoms with Gasteiger partial charge in [-0.1, -0.05) is 35.0 Å². The maximum absolute atomic E-state index is 12.1. The predicted octanol–water partition coefficient (Wildman–Crippen LogP) is 2.41. The zero-order valence-corrected chi connectivity index (χ0v) is 12.5. The van der Waals surface area contributed by atoms with E-state index in [1.165, 1.54) is 12.1 Å². The first kappa shape index (κ1) is 14.5. The highest BCUT2D eigenvalue weighted by Crippen LogP contribution is 2.19. The first-order chi connectivity index (χ1) is 9.60. The monoisotopic (exact) mass is 335 g/mol.